The molecule has 0 saturated heterocycles. The summed E-state index contributed by atoms with van der Waals surface area (Å²) in [5.74, 6) is -1.73. The maximum atomic E-state index is 12.2. The van der Waals surface area contributed by atoms with Gasteiger partial charge in [-0.15, -0.1) is 0 Å². The van der Waals surface area contributed by atoms with Gasteiger partial charge in [-0.2, -0.15) is 0 Å². The SMILES string of the molecule is COC(=O)C(Cc1ccccc1)NC(=O)COC(=O)c1ccc(-c2ccccc2Cl)o1. The van der Waals surface area contributed by atoms with Crippen LogP contribution in [0.15, 0.2) is 71.1 Å². The van der Waals surface area contributed by atoms with Gasteiger partial charge in [-0.05, 0) is 29.8 Å². The van der Waals surface area contributed by atoms with Crippen LogP contribution in [0.4, 0.5) is 0 Å². The van der Waals surface area contributed by atoms with Crippen LogP contribution in [0.3, 0.4) is 0 Å². The van der Waals surface area contributed by atoms with Crippen molar-refractivity contribution in [2.75, 3.05) is 13.7 Å². The molecule has 7 nitrogen and oxygen atoms in total. The number of hydrogen-bond donors (Lipinski definition) is 1. The molecule has 0 bridgehead atoms. The molecular weight excluding hydrogens is 422 g/mol. The minimum Gasteiger partial charge on any atom is -0.467 e. The number of rotatable bonds is 8. The van der Waals surface area contributed by atoms with Crippen molar-refractivity contribution in [3.8, 4) is 11.3 Å². The molecule has 3 rings (SSSR count). The monoisotopic (exact) mass is 441 g/mol. The Balaban J connectivity index is 1.57. The summed E-state index contributed by atoms with van der Waals surface area (Å²) in [5.41, 5.74) is 1.47. The standard InChI is InChI=1S/C23H20ClNO6/c1-29-22(27)18(13-15-7-3-2-4-8-15)25-21(26)14-30-23(28)20-12-11-19(31-20)16-9-5-6-10-17(16)24/h2-12,18H,13-14H2,1H3,(H,25,26). The zero-order valence-electron chi connectivity index (χ0n) is 16.7. The zero-order valence-corrected chi connectivity index (χ0v) is 17.4. The van der Waals surface area contributed by atoms with Gasteiger partial charge in [0.15, 0.2) is 6.61 Å². The second kappa shape index (κ2) is 10.4. The minimum atomic E-state index is -0.908. The number of benzene rings is 2. The number of amides is 1. The van der Waals surface area contributed by atoms with Gasteiger partial charge < -0.3 is 19.2 Å². The highest BCUT2D eigenvalue weighted by atomic mass is 35.5. The van der Waals surface area contributed by atoms with Crippen LogP contribution in [0.25, 0.3) is 11.3 Å². The summed E-state index contributed by atoms with van der Waals surface area (Å²) in [7, 11) is 1.24. The van der Waals surface area contributed by atoms with Crippen molar-refractivity contribution in [3.63, 3.8) is 0 Å². The summed E-state index contributed by atoms with van der Waals surface area (Å²) in [5, 5.41) is 3.00. The maximum Gasteiger partial charge on any atom is 0.374 e. The Morgan fingerprint density at radius 2 is 1.71 bits per heavy atom. The van der Waals surface area contributed by atoms with Crippen molar-refractivity contribution in [2.24, 2.45) is 0 Å². The second-order valence-electron chi connectivity index (χ2n) is 6.55. The number of nitrogens with one attached hydrogen (secondary N) is 1. The molecule has 8 heteroatoms. The van der Waals surface area contributed by atoms with Gasteiger partial charge in [0, 0.05) is 12.0 Å². The Bertz CT molecular complexity index is 1060. The fraction of sp³-hybridized carbons (Fsp3) is 0.174. The first-order valence-electron chi connectivity index (χ1n) is 9.41. The summed E-state index contributed by atoms with van der Waals surface area (Å²) >= 11 is 6.13. The van der Waals surface area contributed by atoms with E-state index in [2.05, 4.69) is 5.32 Å². The third-order valence-corrected chi connectivity index (χ3v) is 4.71. The van der Waals surface area contributed by atoms with Crippen LogP contribution < -0.4 is 5.32 Å². The molecule has 0 fully saturated rings. The van der Waals surface area contributed by atoms with Crippen LogP contribution in [-0.2, 0) is 25.5 Å². The number of ether oxygens (including phenoxy) is 2. The number of carbonyl (C=O) groups excluding carboxylic acids is 3. The molecule has 1 unspecified atom stereocenters. The van der Waals surface area contributed by atoms with Gasteiger partial charge in [-0.25, -0.2) is 9.59 Å². The largest absolute Gasteiger partial charge is 0.467 e. The highest BCUT2D eigenvalue weighted by Gasteiger charge is 2.23. The molecule has 31 heavy (non-hydrogen) atoms. The molecule has 1 heterocycles. The van der Waals surface area contributed by atoms with Crippen molar-refractivity contribution in [1.29, 1.82) is 0 Å². The Morgan fingerprint density at radius 3 is 2.42 bits per heavy atom. The molecule has 3 aromatic rings. The highest BCUT2D eigenvalue weighted by molar-refractivity contribution is 6.33. The first kappa shape index (κ1) is 22.1. The van der Waals surface area contributed by atoms with Gasteiger partial charge in [-0.1, -0.05) is 54.1 Å². The summed E-state index contributed by atoms with van der Waals surface area (Å²) < 4.78 is 15.2. The van der Waals surface area contributed by atoms with Gasteiger partial charge in [-0.3, -0.25) is 4.79 Å². The molecule has 1 aromatic heterocycles. The minimum absolute atomic E-state index is 0.0727. The van der Waals surface area contributed by atoms with Crippen LogP contribution >= 0.6 is 11.6 Å². The number of methoxy groups -OCH3 is 1. The lowest BCUT2D eigenvalue weighted by molar-refractivity contribution is -0.145. The van der Waals surface area contributed by atoms with E-state index in [4.69, 9.17) is 25.5 Å². The molecule has 0 aliphatic heterocycles. The van der Waals surface area contributed by atoms with Gasteiger partial charge in [0.2, 0.25) is 5.76 Å². The third-order valence-electron chi connectivity index (χ3n) is 4.38. The van der Waals surface area contributed by atoms with E-state index in [-0.39, 0.29) is 12.2 Å². The lowest BCUT2D eigenvalue weighted by Crippen LogP contribution is -2.44. The summed E-state index contributed by atoms with van der Waals surface area (Å²) in [6, 6.07) is 18.3. The first-order chi connectivity index (χ1) is 15.0. The van der Waals surface area contributed by atoms with Crippen LogP contribution in [0.2, 0.25) is 5.02 Å². The van der Waals surface area contributed by atoms with Crippen LogP contribution in [-0.4, -0.2) is 37.6 Å². The second-order valence-corrected chi connectivity index (χ2v) is 6.96. The van der Waals surface area contributed by atoms with E-state index < -0.39 is 30.5 Å². The lowest BCUT2D eigenvalue weighted by atomic mass is 10.1. The number of furan rings is 1. The molecular formula is C23H20ClNO6. The Hall–Kier alpha value is -3.58. The average Bonchev–Trinajstić information content (AvgIpc) is 3.27. The Morgan fingerprint density at radius 1 is 1.00 bits per heavy atom. The van der Waals surface area contributed by atoms with E-state index in [9.17, 15) is 14.4 Å². The van der Waals surface area contributed by atoms with E-state index in [0.29, 0.717) is 16.3 Å². The number of hydrogen-bond acceptors (Lipinski definition) is 6. The maximum absolute atomic E-state index is 12.2. The molecule has 1 atom stereocenters. The molecule has 1 amide bonds. The van der Waals surface area contributed by atoms with E-state index in [0.717, 1.165) is 5.56 Å². The quantitative estimate of drug-likeness (QED) is 0.536. The van der Waals surface area contributed by atoms with Crippen LogP contribution in [0.1, 0.15) is 16.1 Å². The van der Waals surface area contributed by atoms with Gasteiger partial charge in [0.05, 0.1) is 12.1 Å². The Labute approximate surface area is 183 Å². The van der Waals surface area contributed by atoms with Crippen molar-refractivity contribution >= 4 is 29.4 Å². The fourth-order valence-corrected chi connectivity index (χ4v) is 3.11. The average molecular weight is 442 g/mol. The van der Waals surface area contributed by atoms with Gasteiger partial charge in [0.25, 0.3) is 5.91 Å². The molecule has 0 saturated carbocycles. The van der Waals surface area contributed by atoms with Gasteiger partial charge >= 0.3 is 11.9 Å². The molecule has 0 spiro atoms. The van der Waals surface area contributed by atoms with Crippen LogP contribution in [0, 0.1) is 0 Å². The number of carbonyl (C=O) groups is 3. The van der Waals surface area contributed by atoms with E-state index in [1.807, 2.05) is 30.3 Å². The molecule has 2 aromatic carbocycles. The predicted molar refractivity (Wildman–Crippen MR) is 114 cm³/mol. The van der Waals surface area contributed by atoms with E-state index in [1.165, 1.54) is 13.2 Å². The summed E-state index contributed by atoms with van der Waals surface area (Å²) in [6.45, 7) is -0.580. The first-order valence-corrected chi connectivity index (χ1v) is 9.78. The molecule has 0 aliphatic rings. The fourth-order valence-electron chi connectivity index (χ4n) is 2.88. The van der Waals surface area contributed by atoms with Crippen molar-refractivity contribution in [2.45, 2.75) is 12.5 Å². The van der Waals surface area contributed by atoms with Crippen molar-refractivity contribution in [1.82, 2.24) is 5.32 Å². The summed E-state index contributed by atoms with van der Waals surface area (Å²) in [4.78, 5) is 36.5. The normalized spacial score (nSPS) is 11.4. The zero-order chi connectivity index (χ0) is 22.2. The lowest BCUT2D eigenvalue weighted by Gasteiger charge is -2.16. The topological polar surface area (TPSA) is 94.8 Å². The Kier molecular flexibility index (Phi) is 7.45. The third kappa shape index (κ3) is 5.96. The molecule has 160 valence electrons. The molecule has 0 aliphatic carbocycles. The molecule has 1 N–H and O–H groups in total. The van der Waals surface area contributed by atoms with E-state index >= 15 is 0 Å². The molecule has 0 radical (unpaired) electrons. The summed E-state index contributed by atoms with van der Waals surface area (Å²) in [6.07, 6.45) is 0.243. The smallest absolute Gasteiger partial charge is 0.374 e. The van der Waals surface area contributed by atoms with Crippen LogP contribution in [0.5, 0.6) is 0 Å². The van der Waals surface area contributed by atoms with E-state index in [1.54, 1.807) is 30.3 Å². The van der Waals surface area contributed by atoms with Crippen molar-refractivity contribution < 1.29 is 28.3 Å². The van der Waals surface area contributed by atoms with Gasteiger partial charge in [0.1, 0.15) is 11.8 Å². The number of esters is 2. The highest BCUT2D eigenvalue weighted by Crippen LogP contribution is 2.29. The van der Waals surface area contributed by atoms with Crippen molar-refractivity contribution in [3.05, 3.63) is 83.1 Å². The predicted octanol–water partition coefficient (Wildman–Crippen LogP) is 3.66. The number of halogens is 1.